The van der Waals surface area contributed by atoms with E-state index in [0.717, 1.165) is 5.69 Å². The van der Waals surface area contributed by atoms with E-state index >= 15 is 0 Å². The highest BCUT2D eigenvalue weighted by Gasteiger charge is 2.34. The molecule has 1 aromatic carbocycles. The molecule has 1 aliphatic heterocycles. The summed E-state index contributed by atoms with van der Waals surface area (Å²) in [5.41, 5.74) is 1.47. The Balaban J connectivity index is 2.00. The smallest absolute Gasteiger partial charge is 0.268 e. The summed E-state index contributed by atoms with van der Waals surface area (Å²) in [5, 5.41) is 9.13. The first kappa shape index (κ1) is 10.6. The Kier molecular flexibility index (Phi) is 2.57. The minimum absolute atomic E-state index is 0.294. The van der Waals surface area contributed by atoms with Gasteiger partial charge < -0.3 is 0 Å². The van der Waals surface area contributed by atoms with Crippen molar-refractivity contribution in [2.45, 2.75) is 6.04 Å². The van der Waals surface area contributed by atoms with E-state index < -0.39 is 6.04 Å². The third kappa shape index (κ3) is 1.75. The molecular formula is C13H10N4O. The Bertz CT molecular complexity index is 582. The van der Waals surface area contributed by atoms with E-state index in [-0.39, 0.29) is 5.91 Å². The molecule has 0 saturated carbocycles. The van der Waals surface area contributed by atoms with Crippen molar-refractivity contribution in [3.63, 3.8) is 0 Å². The zero-order valence-corrected chi connectivity index (χ0v) is 9.47. The molecule has 1 aliphatic rings. The average molecular weight is 238 g/mol. The molecule has 0 radical (unpaired) electrons. The Morgan fingerprint density at radius 3 is 2.50 bits per heavy atom. The van der Waals surface area contributed by atoms with Crippen molar-refractivity contribution < 1.29 is 4.79 Å². The van der Waals surface area contributed by atoms with Gasteiger partial charge >= 0.3 is 0 Å². The normalized spacial score (nSPS) is 18.3. The first-order valence-electron chi connectivity index (χ1n) is 5.57. The van der Waals surface area contributed by atoms with Crippen LogP contribution in [0, 0.1) is 0 Å². The number of carbonyl (C=O) groups excluding carboxylic acids is 1. The SMILES string of the molecule is O=C1N=NN(c2ccccc2)C1c1ccccn1. The molecule has 0 fully saturated rings. The van der Waals surface area contributed by atoms with Gasteiger partial charge in [0, 0.05) is 6.20 Å². The summed E-state index contributed by atoms with van der Waals surface area (Å²) in [5.74, 6) is -0.294. The van der Waals surface area contributed by atoms with Gasteiger partial charge in [0.2, 0.25) is 0 Å². The number of aromatic nitrogens is 1. The van der Waals surface area contributed by atoms with Gasteiger partial charge in [-0.3, -0.25) is 9.78 Å². The van der Waals surface area contributed by atoms with Gasteiger partial charge in [-0.2, -0.15) is 0 Å². The minimum Gasteiger partial charge on any atom is -0.268 e. The second kappa shape index (κ2) is 4.37. The number of carbonyl (C=O) groups is 1. The van der Waals surface area contributed by atoms with E-state index in [0.29, 0.717) is 5.69 Å². The van der Waals surface area contributed by atoms with Crippen molar-refractivity contribution in [3.05, 3.63) is 60.4 Å². The van der Waals surface area contributed by atoms with Gasteiger partial charge in [0.15, 0.2) is 6.04 Å². The highest BCUT2D eigenvalue weighted by Crippen LogP contribution is 2.31. The first-order valence-corrected chi connectivity index (χ1v) is 5.57. The quantitative estimate of drug-likeness (QED) is 0.807. The van der Waals surface area contributed by atoms with Gasteiger partial charge in [0.05, 0.1) is 11.4 Å². The second-order valence-electron chi connectivity index (χ2n) is 3.86. The molecule has 2 aromatic rings. The lowest BCUT2D eigenvalue weighted by atomic mass is 10.1. The maximum absolute atomic E-state index is 11.8. The number of amides is 1. The topological polar surface area (TPSA) is 57.9 Å². The molecular weight excluding hydrogens is 228 g/mol. The predicted octanol–water partition coefficient (Wildman–Crippen LogP) is 2.54. The lowest BCUT2D eigenvalue weighted by Crippen LogP contribution is -2.24. The van der Waals surface area contributed by atoms with Crippen molar-refractivity contribution >= 4 is 11.6 Å². The molecule has 1 unspecified atom stereocenters. The third-order valence-electron chi connectivity index (χ3n) is 2.71. The molecule has 1 aromatic heterocycles. The molecule has 88 valence electrons. The fraction of sp³-hybridized carbons (Fsp3) is 0.0769. The van der Waals surface area contributed by atoms with Crippen LogP contribution in [0.15, 0.2) is 65.1 Å². The first-order chi connectivity index (χ1) is 8.86. The zero-order chi connectivity index (χ0) is 12.4. The summed E-state index contributed by atoms with van der Waals surface area (Å²) in [6.45, 7) is 0. The van der Waals surface area contributed by atoms with Crippen LogP contribution in [0.3, 0.4) is 0 Å². The molecule has 0 N–H and O–H groups in total. The lowest BCUT2D eigenvalue weighted by Gasteiger charge is -2.19. The average Bonchev–Trinajstić information content (AvgIpc) is 2.83. The van der Waals surface area contributed by atoms with Gasteiger partial charge in [-0.25, -0.2) is 5.01 Å². The Morgan fingerprint density at radius 1 is 1.00 bits per heavy atom. The van der Waals surface area contributed by atoms with Crippen LogP contribution in [0.1, 0.15) is 11.7 Å². The van der Waals surface area contributed by atoms with Crippen molar-refractivity contribution in [1.82, 2.24) is 4.98 Å². The van der Waals surface area contributed by atoms with E-state index in [1.165, 1.54) is 0 Å². The zero-order valence-electron chi connectivity index (χ0n) is 9.47. The molecule has 1 atom stereocenters. The van der Waals surface area contributed by atoms with Crippen LogP contribution < -0.4 is 5.01 Å². The maximum atomic E-state index is 11.8. The highest BCUT2D eigenvalue weighted by atomic mass is 16.2. The molecule has 18 heavy (non-hydrogen) atoms. The number of para-hydroxylation sites is 1. The van der Waals surface area contributed by atoms with Gasteiger partial charge in [0.1, 0.15) is 0 Å². The van der Waals surface area contributed by atoms with E-state index in [2.05, 4.69) is 15.3 Å². The van der Waals surface area contributed by atoms with E-state index in [9.17, 15) is 4.79 Å². The minimum atomic E-state index is -0.561. The summed E-state index contributed by atoms with van der Waals surface area (Å²) in [6.07, 6.45) is 1.66. The van der Waals surface area contributed by atoms with Crippen molar-refractivity contribution in [2.75, 3.05) is 5.01 Å². The summed E-state index contributed by atoms with van der Waals surface area (Å²) in [4.78, 5) is 16.0. The van der Waals surface area contributed by atoms with Gasteiger partial charge in [-0.05, 0) is 24.3 Å². The van der Waals surface area contributed by atoms with Crippen molar-refractivity contribution in [1.29, 1.82) is 0 Å². The molecule has 2 heterocycles. The van der Waals surface area contributed by atoms with Crippen LogP contribution in [0.25, 0.3) is 0 Å². The van der Waals surface area contributed by atoms with Gasteiger partial charge in [-0.1, -0.05) is 34.6 Å². The number of pyridine rings is 1. The number of hydrogen-bond acceptors (Lipinski definition) is 4. The van der Waals surface area contributed by atoms with Crippen LogP contribution >= 0.6 is 0 Å². The Morgan fingerprint density at radius 2 is 1.78 bits per heavy atom. The van der Waals surface area contributed by atoms with E-state index in [1.54, 1.807) is 17.3 Å². The molecule has 5 heteroatoms. The van der Waals surface area contributed by atoms with Crippen molar-refractivity contribution in [2.24, 2.45) is 10.3 Å². The molecule has 3 rings (SSSR count). The third-order valence-corrected chi connectivity index (χ3v) is 2.71. The monoisotopic (exact) mass is 238 g/mol. The fourth-order valence-electron chi connectivity index (χ4n) is 1.87. The largest absolute Gasteiger partial charge is 0.297 e. The van der Waals surface area contributed by atoms with Crippen molar-refractivity contribution in [3.8, 4) is 0 Å². The molecule has 0 bridgehead atoms. The second-order valence-corrected chi connectivity index (χ2v) is 3.86. The van der Waals surface area contributed by atoms with E-state index in [1.807, 2.05) is 42.5 Å². The Labute approximate surface area is 104 Å². The summed E-state index contributed by atoms with van der Waals surface area (Å²) in [6, 6.07) is 14.4. The predicted molar refractivity (Wildman–Crippen MR) is 65.8 cm³/mol. The summed E-state index contributed by atoms with van der Waals surface area (Å²) < 4.78 is 0. The van der Waals surface area contributed by atoms with Crippen LogP contribution in [0.2, 0.25) is 0 Å². The standard InChI is InChI=1S/C13H10N4O/c18-13-12(11-8-4-5-9-14-11)17(16-15-13)10-6-2-1-3-7-10/h1-9,12H. The summed E-state index contributed by atoms with van der Waals surface area (Å²) in [7, 11) is 0. The van der Waals surface area contributed by atoms with Crippen LogP contribution in [0.5, 0.6) is 0 Å². The fourth-order valence-corrected chi connectivity index (χ4v) is 1.87. The maximum Gasteiger partial charge on any atom is 0.297 e. The van der Waals surface area contributed by atoms with Gasteiger partial charge in [0.25, 0.3) is 5.91 Å². The number of nitrogens with zero attached hydrogens (tertiary/aromatic N) is 4. The van der Waals surface area contributed by atoms with Crippen LogP contribution in [0.4, 0.5) is 5.69 Å². The molecule has 0 saturated heterocycles. The molecule has 1 amide bonds. The molecule has 5 nitrogen and oxygen atoms in total. The van der Waals surface area contributed by atoms with Crippen LogP contribution in [-0.2, 0) is 4.79 Å². The number of hydrogen-bond donors (Lipinski definition) is 0. The summed E-state index contributed by atoms with van der Waals surface area (Å²) >= 11 is 0. The number of rotatable bonds is 2. The Hall–Kier alpha value is -2.56. The van der Waals surface area contributed by atoms with Crippen LogP contribution in [-0.4, -0.2) is 10.9 Å². The highest BCUT2D eigenvalue weighted by molar-refractivity contribution is 5.88. The lowest BCUT2D eigenvalue weighted by molar-refractivity contribution is -0.118. The van der Waals surface area contributed by atoms with E-state index in [4.69, 9.17) is 0 Å². The molecule has 0 aliphatic carbocycles. The van der Waals surface area contributed by atoms with Gasteiger partial charge in [-0.15, -0.1) is 0 Å². The number of benzene rings is 1. The molecule has 0 spiro atoms. The number of anilines is 1.